The van der Waals surface area contributed by atoms with Gasteiger partial charge in [-0.1, -0.05) is 13.0 Å². The van der Waals surface area contributed by atoms with Gasteiger partial charge in [0.1, 0.15) is 5.82 Å². The highest BCUT2D eigenvalue weighted by atomic mass is 19.1. The van der Waals surface area contributed by atoms with Crippen LogP contribution in [0.3, 0.4) is 0 Å². The van der Waals surface area contributed by atoms with Crippen molar-refractivity contribution in [2.45, 2.75) is 32.5 Å². The number of anilines is 1. The van der Waals surface area contributed by atoms with Crippen LogP contribution in [0.4, 0.5) is 10.1 Å². The smallest absolute Gasteiger partial charge is 0.131 e. The first kappa shape index (κ1) is 14.3. The zero-order valence-corrected chi connectivity index (χ0v) is 11.8. The molecule has 0 bridgehead atoms. The van der Waals surface area contributed by atoms with Crippen LogP contribution in [-0.4, -0.2) is 31.4 Å². The lowest BCUT2D eigenvalue weighted by molar-refractivity contribution is 0.0496. The molecule has 1 saturated heterocycles. The first-order valence-electron chi connectivity index (χ1n) is 6.78. The van der Waals surface area contributed by atoms with Crippen molar-refractivity contribution in [1.82, 2.24) is 0 Å². The number of aliphatic hydroxyl groups is 1. The lowest BCUT2D eigenvalue weighted by Crippen LogP contribution is -2.44. The maximum absolute atomic E-state index is 13.9. The Morgan fingerprint density at radius 3 is 2.84 bits per heavy atom. The lowest BCUT2D eigenvalue weighted by atomic mass is 9.94. The van der Waals surface area contributed by atoms with Gasteiger partial charge >= 0.3 is 0 Å². The Hall–Kier alpha value is -1.13. The van der Waals surface area contributed by atoms with E-state index < -0.39 is 6.10 Å². The zero-order valence-electron chi connectivity index (χ0n) is 11.8. The van der Waals surface area contributed by atoms with Gasteiger partial charge in [0.2, 0.25) is 0 Å². The molecular formula is C15H22FNO2. The summed E-state index contributed by atoms with van der Waals surface area (Å²) in [5.41, 5.74) is 1.16. The third kappa shape index (κ3) is 2.90. The van der Waals surface area contributed by atoms with E-state index in [1.165, 1.54) is 6.07 Å². The van der Waals surface area contributed by atoms with E-state index in [2.05, 4.69) is 11.8 Å². The van der Waals surface area contributed by atoms with Crippen LogP contribution in [0.5, 0.6) is 0 Å². The van der Waals surface area contributed by atoms with Crippen molar-refractivity contribution in [3.63, 3.8) is 0 Å². The summed E-state index contributed by atoms with van der Waals surface area (Å²) in [7, 11) is 1.71. The molecule has 1 aliphatic heterocycles. The first-order chi connectivity index (χ1) is 9.04. The van der Waals surface area contributed by atoms with Gasteiger partial charge in [-0.2, -0.15) is 0 Å². The van der Waals surface area contributed by atoms with Crippen LogP contribution in [0.25, 0.3) is 0 Å². The summed E-state index contributed by atoms with van der Waals surface area (Å²) < 4.78 is 19.4. The third-order valence-corrected chi connectivity index (χ3v) is 3.98. The fourth-order valence-electron chi connectivity index (χ4n) is 2.77. The predicted octanol–water partition coefficient (Wildman–Crippen LogP) is 2.74. The summed E-state index contributed by atoms with van der Waals surface area (Å²) in [4.78, 5) is 2.11. The van der Waals surface area contributed by atoms with Gasteiger partial charge in [0.05, 0.1) is 12.2 Å². The molecule has 19 heavy (non-hydrogen) atoms. The number of benzene rings is 1. The number of methoxy groups -OCH3 is 1. The largest absolute Gasteiger partial charge is 0.389 e. The van der Waals surface area contributed by atoms with Gasteiger partial charge in [-0.3, -0.25) is 0 Å². The van der Waals surface area contributed by atoms with Gasteiger partial charge < -0.3 is 14.7 Å². The van der Waals surface area contributed by atoms with Crippen LogP contribution in [-0.2, 0) is 4.74 Å². The summed E-state index contributed by atoms with van der Waals surface area (Å²) in [5, 5.41) is 9.79. The van der Waals surface area contributed by atoms with Crippen molar-refractivity contribution in [2.75, 3.05) is 25.1 Å². The van der Waals surface area contributed by atoms with E-state index >= 15 is 0 Å². The Kier molecular flexibility index (Phi) is 4.42. The Morgan fingerprint density at radius 2 is 2.21 bits per heavy atom. The average Bonchev–Trinajstić information content (AvgIpc) is 2.38. The molecule has 4 heteroatoms. The third-order valence-electron chi connectivity index (χ3n) is 3.98. The number of hydrogen-bond donors (Lipinski definition) is 1. The normalized spacial score (nSPS) is 25.4. The van der Waals surface area contributed by atoms with Crippen molar-refractivity contribution in [3.05, 3.63) is 29.6 Å². The van der Waals surface area contributed by atoms with Gasteiger partial charge in [0.15, 0.2) is 0 Å². The molecular weight excluding hydrogens is 245 g/mol. The molecule has 106 valence electrons. The molecule has 0 spiro atoms. The summed E-state index contributed by atoms with van der Waals surface area (Å²) in [6.07, 6.45) is 0.351. The van der Waals surface area contributed by atoms with Gasteiger partial charge in [0.25, 0.3) is 0 Å². The molecule has 0 radical (unpaired) electrons. The van der Waals surface area contributed by atoms with Crippen LogP contribution in [0, 0.1) is 11.7 Å². The van der Waals surface area contributed by atoms with Crippen molar-refractivity contribution in [1.29, 1.82) is 0 Å². The molecule has 2 rings (SSSR count). The number of piperidine rings is 1. The minimum absolute atomic E-state index is 0.152. The molecule has 2 unspecified atom stereocenters. The molecule has 3 nitrogen and oxygen atoms in total. The monoisotopic (exact) mass is 267 g/mol. The summed E-state index contributed by atoms with van der Waals surface area (Å²) >= 11 is 0. The fraction of sp³-hybridized carbons (Fsp3) is 0.600. The zero-order chi connectivity index (χ0) is 14.0. The molecule has 0 aliphatic carbocycles. The summed E-state index contributed by atoms with van der Waals surface area (Å²) in [6, 6.07) is 4.95. The first-order valence-corrected chi connectivity index (χ1v) is 6.78. The van der Waals surface area contributed by atoms with Crippen LogP contribution in [0.2, 0.25) is 0 Å². The molecule has 1 N–H and O–H groups in total. The fourth-order valence-corrected chi connectivity index (χ4v) is 2.77. The standard InChI is InChI=1S/C15H22FNO2/c1-10-7-8-17(9-14(10)19-3)13-6-4-5-12(16)15(13)11(2)18/h4-6,10-11,14,18H,7-9H2,1-3H3/t10?,11-,14?/m0/s1. The average molecular weight is 267 g/mol. The molecule has 0 amide bonds. The molecule has 0 saturated carbocycles. The van der Waals surface area contributed by atoms with Crippen molar-refractivity contribution in [2.24, 2.45) is 5.92 Å². The Balaban J connectivity index is 2.29. The number of hydrogen-bond acceptors (Lipinski definition) is 3. The van der Waals surface area contributed by atoms with Crippen molar-refractivity contribution >= 4 is 5.69 Å². The van der Waals surface area contributed by atoms with E-state index in [9.17, 15) is 9.50 Å². The van der Waals surface area contributed by atoms with E-state index in [1.54, 1.807) is 20.1 Å². The van der Waals surface area contributed by atoms with Crippen LogP contribution >= 0.6 is 0 Å². The highest BCUT2D eigenvalue weighted by molar-refractivity contribution is 5.55. The van der Waals surface area contributed by atoms with Gasteiger partial charge in [-0.05, 0) is 31.4 Å². The van der Waals surface area contributed by atoms with E-state index in [0.29, 0.717) is 11.5 Å². The SMILES string of the molecule is COC1CN(c2cccc(F)c2[C@H](C)O)CCC1C. The van der Waals surface area contributed by atoms with Crippen LogP contribution in [0.15, 0.2) is 18.2 Å². The predicted molar refractivity (Wildman–Crippen MR) is 73.8 cm³/mol. The van der Waals surface area contributed by atoms with Gasteiger partial charge in [-0.25, -0.2) is 4.39 Å². The van der Waals surface area contributed by atoms with E-state index in [4.69, 9.17) is 4.74 Å². The minimum Gasteiger partial charge on any atom is -0.389 e. The molecule has 3 atom stereocenters. The maximum Gasteiger partial charge on any atom is 0.131 e. The second-order valence-corrected chi connectivity index (χ2v) is 5.33. The Labute approximate surface area is 114 Å². The van der Waals surface area contributed by atoms with Crippen molar-refractivity contribution in [3.8, 4) is 0 Å². The highest BCUT2D eigenvalue weighted by Gasteiger charge is 2.28. The molecule has 1 heterocycles. The summed E-state index contributed by atoms with van der Waals surface area (Å²) in [6.45, 7) is 5.37. The molecule has 1 aromatic carbocycles. The molecule has 1 aliphatic rings. The lowest BCUT2D eigenvalue weighted by Gasteiger charge is -2.38. The second-order valence-electron chi connectivity index (χ2n) is 5.33. The number of aliphatic hydroxyl groups excluding tert-OH is 1. The van der Waals surface area contributed by atoms with E-state index in [0.717, 1.165) is 25.2 Å². The maximum atomic E-state index is 13.9. The second kappa shape index (κ2) is 5.88. The van der Waals surface area contributed by atoms with Crippen LogP contribution in [0.1, 0.15) is 31.9 Å². The van der Waals surface area contributed by atoms with Gasteiger partial charge in [-0.15, -0.1) is 0 Å². The minimum atomic E-state index is -0.809. The van der Waals surface area contributed by atoms with E-state index in [-0.39, 0.29) is 11.9 Å². The number of ether oxygens (including phenoxy) is 1. The molecule has 0 aromatic heterocycles. The summed E-state index contributed by atoms with van der Waals surface area (Å²) in [5.74, 6) is 0.157. The molecule has 1 aromatic rings. The number of nitrogens with zero attached hydrogens (tertiary/aromatic N) is 1. The Morgan fingerprint density at radius 1 is 1.47 bits per heavy atom. The van der Waals surface area contributed by atoms with Crippen LogP contribution < -0.4 is 4.90 Å². The Bertz CT molecular complexity index is 436. The number of halogens is 1. The topological polar surface area (TPSA) is 32.7 Å². The molecule has 1 fully saturated rings. The number of rotatable bonds is 3. The van der Waals surface area contributed by atoms with Gasteiger partial charge in [0, 0.05) is 31.5 Å². The van der Waals surface area contributed by atoms with Crippen molar-refractivity contribution < 1.29 is 14.2 Å². The quantitative estimate of drug-likeness (QED) is 0.914. The van der Waals surface area contributed by atoms with E-state index in [1.807, 2.05) is 6.07 Å². The highest BCUT2D eigenvalue weighted by Crippen LogP contribution is 2.32.